The Bertz CT molecular complexity index is 701. The second kappa shape index (κ2) is 4.86. The first-order chi connectivity index (χ1) is 9.20. The number of fused-ring (bicyclic) bond motifs is 1. The monoisotopic (exact) mass is 274 g/mol. The lowest BCUT2D eigenvalue weighted by atomic mass is 10.2. The molecule has 19 heavy (non-hydrogen) atoms. The fraction of sp³-hybridized carbons (Fsp3) is 0.0667. The Kier molecular flexibility index (Phi) is 3.05. The number of phenols is 1. The van der Waals surface area contributed by atoms with Gasteiger partial charge in [0.1, 0.15) is 29.4 Å². The van der Waals surface area contributed by atoms with Gasteiger partial charge in [-0.1, -0.05) is 11.6 Å². The highest BCUT2D eigenvalue weighted by atomic mass is 35.5. The maximum Gasteiger partial charge on any atom is 0.146 e. The summed E-state index contributed by atoms with van der Waals surface area (Å²) in [4.78, 5) is 0. The van der Waals surface area contributed by atoms with Crippen LogP contribution in [-0.4, -0.2) is 5.11 Å². The molecule has 0 amide bonds. The predicted molar refractivity (Wildman–Crippen MR) is 73.7 cm³/mol. The highest BCUT2D eigenvalue weighted by Gasteiger charge is 2.05. The third-order valence-electron chi connectivity index (χ3n) is 2.75. The molecule has 0 aliphatic heterocycles. The van der Waals surface area contributed by atoms with Crippen LogP contribution in [0.4, 0.5) is 0 Å². The van der Waals surface area contributed by atoms with Gasteiger partial charge in [-0.3, -0.25) is 0 Å². The highest BCUT2D eigenvalue weighted by Crippen LogP contribution is 2.24. The van der Waals surface area contributed by atoms with Gasteiger partial charge in [-0.2, -0.15) is 0 Å². The van der Waals surface area contributed by atoms with E-state index in [0.29, 0.717) is 17.4 Å². The minimum atomic E-state index is 0.214. The number of phenolic OH excluding ortho intramolecular Hbond substituents is 1. The molecule has 1 N–H and O–H groups in total. The number of aromatic hydroxyl groups is 1. The van der Waals surface area contributed by atoms with E-state index in [1.54, 1.807) is 30.3 Å². The lowest BCUT2D eigenvalue weighted by Crippen LogP contribution is -1.92. The molecule has 0 radical (unpaired) electrons. The van der Waals surface area contributed by atoms with Crippen molar-refractivity contribution in [3.63, 3.8) is 0 Å². The van der Waals surface area contributed by atoms with Gasteiger partial charge in [0.05, 0.1) is 0 Å². The summed E-state index contributed by atoms with van der Waals surface area (Å²) >= 11 is 5.92. The van der Waals surface area contributed by atoms with Crippen molar-refractivity contribution in [2.45, 2.75) is 6.61 Å². The summed E-state index contributed by atoms with van der Waals surface area (Å²) in [5, 5.41) is 10.8. The molecule has 1 aromatic heterocycles. The molecule has 0 aliphatic carbocycles. The molecule has 3 rings (SSSR count). The zero-order valence-electron chi connectivity index (χ0n) is 9.97. The van der Waals surface area contributed by atoms with E-state index in [1.165, 1.54) is 0 Å². The first kappa shape index (κ1) is 11.9. The van der Waals surface area contributed by atoms with Gasteiger partial charge in [0.25, 0.3) is 0 Å². The van der Waals surface area contributed by atoms with Crippen molar-refractivity contribution in [2.24, 2.45) is 0 Å². The summed E-state index contributed by atoms with van der Waals surface area (Å²) in [6.07, 6.45) is 0. The van der Waals surface area contributed by atoms with Crippen LogP contribution in [0.3, 0.4) is 0 Å². The number of ether oxygens (including phenoxy) is 1. The first-order valence-corrected chi connectivity index (χ1v) is 6.18. The van der Waals surface area contributed by atoms with Gasteiger partial charge in [0, 0.05) is 10.4 Å². The number of rotatable bonds is 3. The maximum atomic E-state index is 9.18. The van der Waals surface area contributed by atoms with Crippen LogP contribution in [0.25, 0.3) is 11.0 Å². The third-order valence-corrected chi connectivity index (χ3v) is 2.98. The van der Waals surface area contributed by atoms with Crippen LogP contribution in [0.1, 0.15) is 5.76 Å². The molecule has 0 saturated heterocycles. The van der Waals surface area contributed by atoms with Crippen LogP contribution in [0.15, 0.2) is 52.9 Å². The summed E-state index contributed by atoms with van der Waals surface area (Å²) in [5.74, 6) is 1.62. The first-order valence-electron chi connectivity index (χ1n) is 5.80. The number of benzene rings is 2. The molecular formula is C15H11ClO3. The average molecular weight is 275 g/mol. The fourth-order valence-corrected chi connectivity index (χ4v) is 2.02. The largest absolute Gasteiger partial charge is 0.508 e. The quantitative estimate of drug-likeness (QED) is 0.771. The zero-order chi connectivity index (χ0) is 13.2. The van der Waals surface area contributed by atoms with Crippen molar-refractivity contribution in [3.8, 4) is 11.5 Å². The number of hydrogen-bond donors (Lipinski definition) is 1. The molecule has 0 aliphatic rings. The third kappa shape index (κ3) is 2.66. The van der Waals surface area contributed by atoms with Crippen molar-refractivity contribution >= 4 is 22.6 Å². The molecule has 0 atom stereocenters. The Balaban J connectivity index is 1.76. The molecule has 96 valence electrons. The molecule has 0 fully saturated rings. The SMILES string of the molecule is Oc1ccc(OCc2cc3cc(Cl)ccc3o2)cc1. The van der Waals surface area contributed by atoms with Gasteiger partial charge in [-0.05, 0) is 48.5 Å². The van der Waals surface area contributed by atoms with Gasteiger partial charge in [-0.15, -0.1) is 0 Å². The van der Waals surface area contributed by atoms with Crippen LogP contribution < -0.4 is 4.74 Å². The van der Waals surface area contributed by atoms with Crippen molar-refractivity contribution in [1.82, 2.24) is 0 Å². The summed E-state index contributed by atoms with van der Waals surface area (Å²) in [6.45, 7) is 0.330. The van der Waals surface area contributed by atoms with E-state index in [0.717, 1.165) is 16.7 Å². The van der Waals surface area contributed by atoms with E-state index in [-0.39, 0.29) is 5.75 Å². The highest BCUT2D eigenvalue weighted by molar-refractivity contribution is 6.31. The summed E-state index contributed by atoms with van der Waals surface area (Å²) in [5.41, 5.74) is 0.786. The molecule has 1 heterocycles. The molecule has 0 spiro atoms. The Labute approximate surface area is 115 Å². The van der Waals surface area contributed by atoms with Crippen LogP contribution >= 0.6 is 11.6 Å². The van der Waals surface area contributed by atoms with Crippen molar-refractivity contribution < 1.29 is 14.3 Å². The molecule has 4 heteroatoms. The molecule has 0 bridgehead atoms. The molecule has 0 saturated carbocycles. The minimum absolute atomic E-state index is 0.214. The number of halogens is 1. The van der Waals surface area contributed by atoms with Crippen LogP contribution in [0.2, 0.25) is 5.02 Å². The average Bonchev–Trinajstić information content (AvgIpc) is 2.80. The van der Waals surface area contributed by atoms with E-state index in [4.69, 9.17) is 20.8 Å². The van der Waals surface area contributed by atoms with Crippen molar-refractivity contribution in [2.75, 3.05) is 0 Å². The Morgan fingerprint density at radius 1 is 1.05 bits per heavy atom. The van der Waals surface area contributed by atoms with Crippen LogP contribution in [-0.2, 0) is 6.61 Å². The van der Waals surface area contributed by atoms with Crippen molar-refractivity contribution in [1.29, 1.82) is 0 Å². The van der Waals surface area contributed by atoms with Gasteiger partial charge < -0.3 is 14.3 Å². The number of hydrogen-bond acceptors (Lipinski definition) is 3. The van der Waals surface area contributed by atoms with E-state index < -0.39 is 0 Å². The Morgan fingerprint density at radius 2 is 1.84 bits per heavy atom. The van der Waals surface area contributed by atoms with E-state index in [2.05, 4.69) is 0 Å². The normalized spacial score (nSPS) is 10.8. The predicted octanol–water partition coefficient (Wildman–Crippen LogP) is 4.37. The molecular weight excluding hydrogens is 264 g/mol. The molecule has 2 aromatic carbocycles. The lowest BCUT2D eigenvalue weighted by Gasteiger charge is -2.03. The maximum absolute atomic E-state index is 9.18. The van der Waals surface area contributed by atoms with Crippen molar-refractivity contribution in [3.05, 3.63) is 59.3 Å². The summed E-state index contributed by atoms with van der Waals surface area (Å²) in [7, 11) is 0. The smallest absolute Gasteiger partial charge is 0.146 e. The Hall–Kier alpha value is -2.13. The van der Waals surface area contributed by atoms with Gasteiger partial charge >= 0.3 is 0 Å². The summed E-state index contributed by atoms with van der Waals surface area (Å²) in [6, 6.07) is 13.9. The van der Waals surface area contributed by atoms with Gasteiger partial charge in [-0.25, -0.2) is 0 Å². The van der Waals surface area contributed by atoms with E-state index in [9.17, 15) is 5.11 Å². The summed E-state index contributed by atoms with van der Waals surface area (Å²) < 4.78 is 11.2. The van der Waals surface area contributed by atoms with Crippen LogP contribution in [0, 0.1) is 0 Å². The van der Waals surface area contributed by atoms with Crippen LogP contribution in [0.5, 0.6) is 11.5 Å². The second-order valence-corrected chi connectivity index (χ2v) is 4.61. The van der Waals surface area contributed by atoms with Gasteiger partial charge in [0.15, 0.2) is 0 Å². The van der Waals surface area contributed by atoms with E-state index in [1.807, 2.05) is 18.2 Å². The minimum Gasteiger partial charge on any atom is -0.508 e. The lowest BCUT2D eigenvalue weighted by molar-refractivity contribution is 0.274. The molecule has 3 aromatic rings. The van der Waals surface area contributed by atoms with Gasteiger partial charge in [0.2, 0.25) is 0 Å². The molecule has 0 unspecified atom stereocenters. The van der Waals surface area contributed by atoms with E-state index >= 15 is 0 Å². The second-order valence-electron chi connectivity index (χ2n) is 4.18. The fourth-order valence-electron chi connectivity index (χ4n) is 1.84. The Morgan fingerprint density at radius 3 is 2.63 bits per heavy atom. The standard InChI is InChI=1S/C15H11ClO3/c16-11-1-6-15-10(7-11)8-14(19-15)9-18-13-4-2-12(17)3-5-13/h1-8,17H,9H2. The topological polar surface area (TPSA) is 42.6 Å². The number of furan rings is 1. The molecule has 3 nitrogen and oxygen atoms in total. The zero-order valence-corrected chi connectivity index (χ0v) is 10.7.